The number of hydrogen-bond donors (Lipinski definition) is 0. The second kappa shape index (κ2) is 12.9. The van der Waals surface area contributed by atoms with Gasteiger partial charge in [0.25, 0.3) is 0 Å². The van der Waals surface area contributed by atoms with E-state index in [1.165, 1.54) is 0 Å². The van der Waals surface area contributed by atoms with Crippen molar-refractivity contribution in [2.75, 3.05) is 24.6 Å². The van der Waals surface area contributed by atoms with E-state index in [0.29, 0.717) is 37.8 Å². The van der Waals surface area contributed by atoms with Crippen LogP contribution in [-0.4, -0.2) is 35.6 Å². The maximum absolute atomic E-state index is 12.2. The first kappa shape index (κ1) is 28.8. The van der Waals surface area contributed by atoms with E-state index >= 15 is 0 Å². The van der Waals surface area contributed by atoms with Gasteiger partial charge in [0.1, 0.15) is 12.4 Å². The zero-order valence-electron chi connectivity index (χ0n) is 24.7. The van der Waals surface area contributed by atoms with Gasteiger partial charge in [-0.2, -0.15) is 5.26 Å². The molecule has 0 amide bonds. The van der Waals surface area contributed by atoms with Crippen LogP contribution in [0.2, 0.25) is 0 Å². The molecule has 214 valence electrons. The van der Waals surface area contributed by atoms with E-state index in [4.69, 9.17) is 14.5 Å². The van der Waals surface area contributed by atoms with Crippen LogP contribution in [0.3, 0.4) is 0 Å². The molecule has 1 saturated heterocycles. The minimum Gasteiger partial charge on any atom is -0.488 e. The third kappa shape index (κ3) is 6.44. The Labute approximate surface area is 247 Å². The molecular formula is C35H36N4O3. The van der Waals surface area contributed by atoms with Gasteiger partial charge in [0, 0.05) is 24.8 Å². The van der Waals surface area contributed by atoms with Crippen molar-refractivity contribution in [1.82, 2.24) is 9.97 Å². The van der Waals surface area contributed by atoms with Crippen LogP contribution in [0.1, 0.15) is 47.6 Å². The Hall–Kier alpha value is -4.70. The van der Waals surface area contributed by atoms with Gasteiger partial charge in [0.15, 0.2) is 0 Å². The molecule has 1 aliphatic heterocycles. The summed E-state index contributed by atoms with van der Waals surface area (Å²) in [6.07, 6.45) is 3.25. The van der Waals surface area contributed by atoms with Crippen LogP contribution >= 0.6 is 0 Å². The molecule has 4 aromatic rings. The molecule has 0 N–H and O–H groups in total. The summed E-state index contributed by atoms with van der Waals surface area (Å²) in [6, 6.07) is 22.4. The summed E-state index contributed by atoms with van der Waals surface area (Å²) in [6.45, 7) is 10.3. The minimum absolute atomic E-state index is 0.0631. The maximum atomic E-state index is 12.2. The average molecular weight is 561 g/mol. The van der Waals surface area contributed by atoms with Gasteiger partial charge in [-0.1, -0.05) is 35.9 Å². The van der Waals surface area contributed by atoms with Gasteiger partial charge >= 0.3 is 5.97 Å². The Balaban J connectivity index is 1.32. The highest BCUT2D eigenvalue weighted by Crippen LogP contribution is 2.33. The molecule has 1 fully saturated rings. The van der Waals surface area contributed by atoms with Gasteiger partial charge in [-0.05, 0) is 98.7 Å². The number of nitrogens with zero attached hydrogens (tertiary/aromatic N) is 4. The van der Waals surface area contributed by atoms with Gasteiger partial charge in [-0.15, -0.1) is 0 Å². The maximum Gasteiger partial charge on any atom is 0.309 e. The Bertz CT molecular complexity index is 1630. The SMILES string of the molecule is CCOC(=O)C1CCN(c2nccc(-c3cc(C)ccc3OCc3ccc(-c4ccc(C#N)cc4C)cc3C)n2)CC1. The van der Waals surface area contributed by atoms with Gasteiger partial charge in [0.2, 0.25) is 5.95 Å². The highest BCUT2D eigenvalue weighted by molar-refractivity contribution is 5.73. The average Bonchev–Trinajstić information content (AvgIpc) is 3.01. The molecule has 0 aliphatic carbocycles. The molecule has 0 unspecified atom stereocenters. The first-order valence-electron chi connectivity index (χ1n) is 14.5. The molecule has 1 aliphatic rings. The second-order valence-electron chi connectivity index (χ2n) is 10.8. The van der Waals surface area contributed by atoms with E-state index in [-0.39, 0.29) is 11.9 Å². The number of nitriles is 1. The van der Waals surface area contributed by atoms with Crippen LogP contribution in [0, 0.1) is 38.0 Å². The van der Waals surface area contributed by atoms with Crippen molar-refractivity contribution in [3.63, 3.8) is 0 Å². The molecule has 0 bridgehead atoms. The fraction of sp³-hybridized carbons (Fsp3) is 0.314. The molecule has 0 spiro atoms. The summed E-state index contributed by atoms with van der Waals surface area (Å²) in [7, 11) is 0. The number of carbonyl (C=O) groups excluding carboxylic acids is 1. The second-order valence-corrected chi connectivity index (χ2v) is 10.8. The van der Waals surface area contributed by atoms with Crippen molar-refractivity contribution >= 4 is 11.9 Å². The number of ether oxygens (including phenoxy) is 2. The highest BCUT2D eigenvalue weighted by Gasteiger charge is 2.27. The topological polar surface area (TPSA) is 88.3 Å². The first-order chi connectivity index (χ1) is 20.4. The van der Waals surface area contributed by atoms with Crippen LogP contribution in [0.25, 0.3) is 22.4 Å². The molecule has 2 heterocycles. The van der Waals surface area contributed by atoms with Crippen molar-refractivity contribution in [1.29, 1.82) is 5.26 Å². The van der Waals surface area contributed by atoms with Crippen molar-refractivity contribution in [2.45, 2.75) is 47.1 Å². The summed E-state index contributed by atoms with van der Waals surface area (Å²) < 4.78 is 11.6. The molecule has 3 aromatic carbocycles. The van der Waals surface area contributed by atoms with Crippen LogP contribution in [-0.2, 0) is 16.1 Å². The summed E-state index contributed by atoms with van der Waals surface area (Å²) in [4.78, 5) is 23.7. The van der Waals surface area contributed by atoms with Crippen LogP contribution in [0.5, 0.6) is 5.75 Å². The predicted octanol–water partition coefficient (Wildman–Crippen LogP) is 6.97. The van der Waals surface area contributed by atoms with E-state index < -0.39 is 0 Å². The number of aryl methyl sites for hydroxylation is 3. The Kier molecular flexibility index (Phi) is 8.83. The van der Waals surface area contributed by atoms with E-state index in [1.807, 2.05) is 50.2 Å². The summed E-state index contributed by atoms with van der Waals surface area (Å²) in [5, 5.41) is 9.19. The van der Waals surface area contributed by atoms with Crippen LogP contribution in [0.4, 0.5) is 5.95 Å². The number of piperidine rings is 1. The first-order valence-corrected chi connectivity index (χ1v) is 14.5. The monoisotopic (exact) mass is 560 g/mol. The summed E-state index contributed by atoms with van der Waals surface area (Å²) in [5.74, 6) is 1.25. The Morgan fingerprint density at radius 3 is 2.50 bits per heavy atom. The van der Waals surface area contributed by atoms with Crippen molar-refractivity contribution < 1.29 is 14.3 Å². The fourth-order valence-electron chi connectivity index (χ4n) is 5.43. The number of esters is 1. The fourth-order valence-corrected chi connectivity index (χ4v) is 5.43. The lowest BCUT2D eigenvalue weighted by molar-refractivity contribution is -0.148. The molecule has 0 saturated carbocycles. The number of rotatable bonds is 8. The molecule has 7 nitrogen and oxygen atoms in total. The Morgan fingerprint density at radius 2 is 1.79 bits per heavy atom. The van der Waals surface area contributed by atoms with Crippen LogP contribution < -0.4 is 9.64 Å². The zero-order chi connectivity index (χ0) is 29.6. The third-order valence-corrected chi connectivity index (χ3v) is 7.84. The highest BCUT2D eigenvalue weighted by atomic mass is 16.5. The molecular weight excluding hydrogens is 524 g/mol. The molecule has 1 aromatic heterocycles. The number of anilines is 1. The van der Waals surface area contributed by atoms with E-state index in [2.05, 4.69) is 54.1 Å². The molecule has 0 atom stereocenters. The normalized spacial score (nSPS) is 13.5. The predicted molar refractivity (Wildman–Crippen MR) is 164 cm³/mol. The number of aromatic nitrogens is 2. The quantitative estimate of drug-likeness (QED) is 0.215. The number of carbonyl (C=O) groups is 1. The van der Waals surface area contributed by atoms with E-state index in [1.54, 1.807) is 6.20 Å². The van der Waals surface area contributed by atoms with Crippen molar-refractivity contribution in [2.24, 2.45) is 5.92 Å². The van der Waals surface area contributed by atoms with Gasteiger partial charge in [-0.25, -0.2) is 9.97 Å². The minimum atomic E-state index is -0.109. The smallest absolute Gasteiger partial charge is 0.309 e. The summed E-state index contributed by atoms with van der Waals surface area (Å²) in [5.41, 5.74) is 9.06. The lowest BCUT2D eigenvalue weighted by Gasteiger charge is -2.31. The Morgan fingerprint density at radius 1 is 0.976 bits per heavy atom. The third-order valence-electron chi connectivity index (χ3n) is 7.84. The number of hydrogen-bond acceptors (Lipinski definition) is 7. The van der Waals surface area contributed by atoms with Gasteiger partial charge < -0.3 is 14.4 Å². The van der Waals surface area contributed by atoms with E-state index in [0.717, 1.165) is 63.2 Å². The standard InChI is InChI=1S/C35H36N4O3/c1-5-41-34(40)27-13-16-39(17-14-27)35-37-15-12-32(38-35)31-18-23(2)6-11-33(31)42-22-29-9-8-28(20-24(29)3)30-10-7-26(21-36)19-25(30)4/h6-12,15,18-20,27H,5,13-14,16-17,22H2,1-4H3. The molecule has 5 rings (SSSR count). The van der Waals surface area contributed by atoms with Gasteiger partial charge in [-0.3, -0.25) is 4.79 Å². The van der Waals surface area contributed by atoms with Crippen molar-refractivity contribution in [3.05, 3.63) is 94.7 Å². The summed E-state index contributed by atoms with van der Waals surface area (Å²) >= 11 is 0. The molecule has 42 heavy (non-hydrogen) atoms. The number of benzene rings is 3. The zero-order valence-corrected chi connectivity index (χ0v) is 24.7. The molecule has 7 heteroatoms. The van der Waals surface area contributed by atoms with Crippen molar-refractivity contribution in [3.8, 4) is 34.2 Å². The van der Waals surface area contributed by atoms with Crippen LogP contribution in [0.15, 0.2) is 66.9 Å². The lowest BCUT2D eigenvalue weighted by atomic mass is 9.96. The lowest BCUT2D eigenvalue weighted by Crippen LogP contribution is -2.37. The largest absolute Gasteiger partial charge is 0.488 e. The molecule has 0 radical (unpaired) electrons. The van der Waals surface area contributed by atoms with E-state index in [9.17, 15) is 10.1 Å². The van der Waals surface area contributed by atoms with Gasteiger partial charge in [0.05, 0.1) is 29.9 Å².